The highest BCUT2D eigenvalue weighted by Crippen LogP contribution is 2.33. The van der Waals surface area contributed by atoms with Gasteiger partial charge in [0.2, 0.25) is 5.91 Å². The number of ether oxygens (including phenoxy) is 1. The fraction of sp³-hybridized carbons (Fsp3) is 0.533. The minimum Gasteiger partial charge on any atom is -0.462 e. The first kappa shape index (κ1) is 18.2. The van der Waals surface area contributed by atoms with E-state index in [4.69, 9.17) is 10.5 Å². The normalized spacial score (nSPS) is 10.3. The first-order valence-corrected chi connectivity index (χ1v) is 8.14. The fourth-order valence-electron chi connectivity index (χ4n) is 2.01. The number of nitrogens with one attached hydrogen (secondary N) is 1. The van der Waals surface area contributed by atoms with Gasteiger partial charge in [0.1, 0.15) is 5.00 Å². The molecule has 1 rings (SSSR count). The molecule has 0 aliphatic heterocycles. The molecule has 3 N–H and O–H groups in total. The molecule has 0 spiro atoms. The Morgan fingerprint density at radius 1 is 1.23 bits per heavy atom. The van der Waals surface area contributed by atoms with Crippen LogP contribution in [0.1, 0.15) is 65.1 Å². The van der Waals surface area contributed by atoms with Gasteiger partial charge in [-0.05, 0) is 25.8 Å². The van der Waals surface area contributed by atoms with Crippen LogP contribution in [0.3, 0.4) is 0 Å². The minimum atomic E-state index is -0.625. The predicted molar refractivity (Wildman–Crippen MR) is 86.3 cm³/mol. The van der Waals surface area contributed by atoms with Crippen LogP contribution >= 0.6 is 11.3 Å². The molecule has 0 aliphatic carbocycles. The number of rotatable bonds is 8. The molecule has 0 aliphatic rings. The number of thiophene rings is 1. The summed E-state index contributed by atoms with van der Waals surface area (Å²) in [6.07, 6.45) is 3.14. The van der Waals surface area contributed by atoms with Crippen LogP contribution in [0.15, 0.2) is 0 Å². The standard InChI is InChI=1S/C15H22N2O4S/c1-4-6-7-8-10(18)17-14-11(15(20)21-5-2)9(3)12(22-14)13(16)19/h4-8H2,1-3H3,(H2,16,19)(H,17,18). The first-order valence-electron chi connectivity index (χ1n) is 7.32. The van der Waals surface area contributed by atoms with Crippen molar-refractivity contribution in [3.63, 3.8) is 0 Å². The highest BCUT2D eigenvalue weighted by Gasteiger charge is 2.25. The number of hydrogen-bond donors (Lipinski definition) is 2. The van der Waals surface area contributed by atoms with E-state index in [2.05, 4.69) is 12.2 Å². The number of primary amides is 1. The third-order valence-corrected chi connectivity index (χ3v) is 4.33. The molecule has 1 aromatic rings. The Morgan fingerprint density at radius 2 is 1.91 bits per heavy atom. The number of carbonyl (C=O) groups is 3. The summed E-state index contributed by atoms with van der Waals surface area (Å²) in [6.45, 7) is 5.58. The quantitative estimate of drug-likeness (QED) is 0.567. The van der Waals surface area contributed by atoms with Crippen LogP contribution in [-0.4, -0.2) is 24.4 Å². The Balaban J connectivity index is 3.01. The number of carbonyl (C=O) groups excluding carboxylic acids is 3. The summed E-state index contributed by atoms with van der Waals surface area (Å²) in [5, 5.41) is 3.02. The average Bonchev–Trinajstić information content (AvgIpc) is 2.76. The maximum absolute atomic E-state index is 12.0. The lowest BCUT2D eigenvalue weighted by Gasteiger charge is -2.07. The smallest absolute Gasteiger partial charge is 0.341 e. The summed E-state index contributed by atoms with van der Waals surface area (Å²) < 4.78 is 4.99. The van der Waals surface area contributed by atoms with Crippen LogP contribution in [0.25, 0.3) is 0 Å². The maximum Gasteiger partial charge on any atom is 0.341 e. The van der Waals surface area contributed by atoms with Gasteiger partial charge in [0.05, 0.1) is 17.0 Å². The van der Waals surface area contributed by atoms with Crippen LogP contribution in [0.2, 0.25) is 0 Å². The van der Waals surface area contributed by atoms with E-state index in [9.17, 15) is 14.4 Å². The minimum absolute atomic E-state index is 0.184. The number of amides is 2. The van der Waals surface area contributed by atoms with E-state index in [0.29, 0.717) is 17.0 Å². The summed E-state index contributed by atoms with van der Waals surface area (Å²) in [6, 6.07) is 0. The topological polar surface area (TPSA) is 98.5 Å². The molecule has 1 heterocycles. The first-order chi connectivity index (χ1) is 10.4. The Morgan fingerprint density at radius 3 is 2.45 bits per heavy atom. The molecule has 0 aromatic carbocycles. The van der Waals surface area contributed by atoms with Crippen molar-refractivity contribution >= 4 is 34.1 Å². The van der Waals surface area contributed by atoms with Gasteiger partial charge in [-0.15, -0.1) is 11.3 Å². The molecule has 7 heteroatoms. The van der Waals surface area contributed by atoms with Gasteiger partial charge in [0.25, 0.3) is 5.91 Å². The maximum atomic E-state index is 12.0. The molecule has 0 fully saturated rings. The molecule has 0 atom stereocenters. The fourth-order valence-corrected chi connectivity index (χ4v) is 3.07. The summed E-state index contributed by atoms with van der Waals surface area (Å²) in [5.41, 5.74) is 5.96. The van der Waals surface area contributed by atoms with Crippen molar-refractivity contribution in [1.82, 2.24) is 0 Å². The third kappa shape index (κ3) is 4.56. The summed E-state index contributed by atoms with van der Waals surface area (Å²) in [4.78, 5) is 35.7. The van der Waals surface area contributed by atoms with Crippen molar-refractivity contribution in [3.05, 3.63) is 16.0 Å². The van der Waals surface area contributed by atoms with Gasteiger partial charge in [0.15, 0.2) is 0 Å². The van der Waals surface area contributed by atoms with E-state index in [-0.39, 0.29) is 23.0 Å². The zero-order chi connectivity index (χ0) is 16.7. The Kier molecular flexibility index (Phi) is 7.04. The molecule has 0 saturated carbocycles. The summed E-state index contributed by atoms with van der Waals surface area (Å²) in [7, 11) is 0. The van der Waals surface area contributed by atoms with Crippen molar-refractivity contribution in [2.24, 2.45) is 5.73 Å². The highest BCUT2D eigenvalue weighted by atomic mass is 32.1. The van der Waals surface area contributed by atoms with Gasteiger partial charge < -0.3 is 15.8 Å². The molecule has 0 saturated heterocycles. The summed E-state index contributed by atoms with van der Waals surface area (Å²) in [5.74, 6) is -1.37. The van der Waals surface area contributed by atoms with Crippen molar-refractivity contribution in [3.8, 4) is 0 Å². The van der Waals surface area contributed by atoms with E-state index >= 15 is 0 Å². The molecule has 0 unspecified atom stereocenters. The monoisotopic (exact) mass is 326 g/mol. The Bertz CT molecular complexity index is 566. The van der Waals surface area contributed by atoms with Gasteiger partial charge in [-0.1, -0.05) is 19.8 Å². The average molecular weight is 326 g/mol. The van der Waals surface area contributed by atoms with E-state index in [1.54, 1.807) is 13.8 Å². The van der Waals surface area contributed by atoms with Gasteiger partial charge in [-0.3, -0.25) is 9.59 Å². The van der Waals surface area contributed by atoms with Crippen molar-refractivity contribution in [2.45, 2.75) is 46.5 Å². The second kappa shape index (κ2) is 8.53. The molecular weight excluding hydrogens is 304 g/mol. The third-order valence-electron chi connectivity index (χ3n) is 3.11. The van der Waals surface area contributed by atoms with Gasteiger partial charge in [-0.2, -0.15) is 0 Å². The van der Waals surface area contributed by atoms with E-state index in [1.165, 1.54) is 0 Å². The zero-order valence-corrected chi connectivity index (χ0v) is 14.0. The van der Waals surface area contributed by atoms with Crippen LogP contribution < -0.4 is 11.1 Å². The molecule has 22 heavy (non-hydrogen) atoms. The Labute approximate surface area is 134 Å². The number of hydrogen-bond acceptors (Lipinski definition) is 5. The molecule has 6 nitrogen and oxygen atoms in total. The summed E-state index contributed by atoms with van der Waals surface area (Å²) >= 11 is 1.01. The van der Waals surface area contributed by atoms with E-state index in [0.717, 1.165) is 30.6 Å². The number of unbranched alkanes of at least 4 members (excludes halogenated alkanes) is 2. The molecule has 0 radical (unpaired) electrons. The van der Waals surface area contributed by atoms with Crippen molar-refractivity contribution in [1.29, 1.82) is 0 Å². The second-order valence-corrected chi connectivity index (χ2v) is 5.87. The van der Waals surface area contributed by atoms with Crippen LogP contribution in [0.4, 0.5) is 5.00 Å². The second-order valence-electron chi connectivity index (χ2n) is 4.85. The number of nitrogens with two attached hydrogens (primary N) is 1. The van der Waals surface area contributed by atoms with Crippen molar-refractivity contribution in [2.75, 3.05) is 11.9 Å². The lowest BCUT2D eigenvalue weighted by molar-refractivity contribution is -0.116. The van der Waals surface area contributed by atoms with E-state index in [1.807, 2.05) is 0 Å². The highest BCUT2D eigenvalue weighted by molar-refractivity contribution is 7.18. The number of anilines is 1. The SMILES string of the molecule is CCCCCC(=O)Nc1sc(C(N)=O)c(C)c1C(=O)OCC. The zero-order valence-electron chi connectivity index (χ0n) is 13.2. The van der Waals surface area contributed by atoms with Crippen LogP contribution in [0, 0.1) is 6.92 Å². The van der Waals surface area contributed by atoms with Gasteiger partial charge in [0, 0.05) is 6.42 Å². The predicted octanol–water partition coefficient (Wildman–Crippen LogP) is 2.85. The molecule has 122 valence electrons. The van der Waals surface area contributed by atoms with E-state index < -0.39 is 11.9 Å². The number of esters is 1. The van der Waals surface area contributed by atoms with Crippen LogP contribution in [0.5, 0.6) is 0 Å². The van der Waals surface area contributed by atoms with Gasteiger partial charge in [-0.25, -0.2) is 4.79 Å². The van der Waals surface area contributed by atoms with Crippen LogP contribution in [-0.2, 0) is 9.53 Å². The molecule has 1 aromatic heterocycles. The lowest BCUT2D eigenvalue weighted by atomic mass is 10.1. The van der Waals surface area contributed by atoms with Gasteiger partial charge >= 0.3 is 5.97 Å². The molecule has 2 amide bonds. The van der Waals surface area contributed by atoms with Crippen molar-refractivity contribution < 1.29 is 19.1 Å². The largest absolute Gasteiger partial charge is 0.462 e. The lowest BCUT2D eigenvalue weighted by Crippen LogP contribution is -2.14. The Hall–Kier alpha value is -1.89. The molecular formula is C15H22N2O4S. The molecule has 0 bridgehead atoms.